The molecular formula is C24H18F2N2O5S2. The number of amides is 1. The van der Waals surface area contributed by atoms with E-state index in [0.717, 1.165) is 30.0 Å². The normalized spacial score (nSPS) is 14.3. The molecule has 0 aromatic heterocycles. The second kappa shape index (κ2) is 9.88. The van der Waals surface area contributed by atoms with E-state index in [0.29, 0.717) is 21.1 Å². The Kier molecular flexibility index (Phi) is 6.90. The third kappa shape index (κ3) is 5.69. The molecule has 3 aromatic rings. The maximum atomic E-state index is 13.9. The molecule has 1 heterocycles. The van der Waals surface area contributed by atoms with Crippen molar-refractivity contribution in [3.05, 3.63) is 88.3 Å². The van der Waals surface area contributed by atoms with Gasteiger partial charge in [-0.2, -0.15) is 0 Å². The summed E-state index contributed by atoms with van der Waals surface area (Å²) in [6, 6.07) is 14.1. The van der Waals surface area contributed by atoms with Gasteiger partial charge in [-0.15, -0.1) is 0 Å². The average Bonchev–Trinajstić information content (AvgIpc) is 2.81. The van der Waals surface area contributed by atoms with E-state index in [1.165, 1.54) is 18.2 Å². The summed E-state index contributed by atoms with van der Waals surface area (Å²) >= 11 is 1.15. The Bertz CT molecular complexity index is 1430. The van der Waals surface area contributed by atoms with Gasteiger partial charge in [0.25, 0.3) is 5.91 Å². The fraction of sp³-hybridized carbons (Fsp3) is 0.0833. The molecule has 0 spiro atoms. The van der Waals surface area contributed by atoms with E-state index in [1.807, 2.05) is 0 Å². The molecule has 0 radical (unpaired) electrons. The summed E-state index contributed by atoms with van der Waals surface area (Å²) in [5.41, 5.74) is 1.06. The Morgan fingerprint density at radius 1 is 1.06 bits per heavy atom. The summed E-state index contributed by atoms with van der Waals surface area (Å²) in [7, 11) is -4.08. The zero-order valence-corrected chi connectivity index (χ0v) is 19.6. The van der Waals surface area contributed by atoms with Crippen molar-refractivity contribution < 1.29 is 31.9 Å². The highest BCUT2D eigenvalue weighted by Gasteiger charge is 2.25. The fourth-order valence-electron chi connectivity index (χ4n) is 3.30. The van der Waals surface area contributed by atoms with Crippen LogP contribution in [0.5, 0.6) is 0 Å². The number of carbonyl (C=O) groups excluding carboxylic acids is 1. The predicted molar refractivity (Wildman–Crippen MR) is 129 cm³/mol. The summed E-state index contributed by atoms with van der Waals surface area (Å²) in [5, 5.41) is 14.1. The number of carboxylic acids is 1. The fourth-order valence-corrected chi connectivity index (χ4v) is 5.63. The van der Waals surface area contributed by atoms with Crippen LogP contribution in [0.2, 0.25) is 0 Å². The minimum absolute atomic E-state index is 0.170. The zero-order valence-electron chi connectivity index (χ0n) is 17.9. The molecule has 180 valence electrons. The molecule has 0 unspecified atom stereocenters. The van der Waals surface area contributed by atoms with Crippen molar-refractivity contribution >= 4 is 50.9 Å². The third-order valence-electron chi connectivity index (χ3n) is 5.05. The third-order valence-corrected chi connectivity index (χ3v) is 7.79. The molecule has 3 N–H and O–H groups in total. The van der Waals surface area contributed by atoms with Gasteiger partial charge < -0.3 is 15.7 Å². The summed E-state index contributed by atoms with van der Waals surface area (Å²) in [6.07, 6.45) is 1.65. The molecule has 3 aromatic carbocycles. The van der Waals surface area contributed by atoms with Crippen LogP contribution in [0.4, 0.5) is 20.2 Å². The van der Waals surface area contributed by atoms with Gasteiger partial charge in [0.15, 0.2) is 9.84 Å². The lowest BCUT2D eigenvalue weighted by Gasteiger charge is -2.19. The SMILES string of the molecule is O=C(O)CNc1ccc(/C=C2\Sc3ccc(S(=O)(=O)Cc4c(F)cccc4F)cc3NC2=O)cc1. The Morgan fingerprint density at radius 3 is 2.40 bits per heavy atom. The minimum atomic E-state index is -4.08. The van der Waals surface area contributed by atoms with Gasteiger partial charge in [0.05, 0.1) is 21.2 Å². The molecule has 11 heteroatoms. The molecule has 0 bridgehead atoms. The van der Waals surface area contributed by atoms with Crippen molar-refractivity contribution in [1.82, 2.24) is 0 Å². The molecule has 7 nitrogen and oxygen atoms in total. The van der Waals surface area contributed by atoms with Crippen LogP contribution in [0.3, 0.4) is 0 Å². The Morgan fingerprint density at radius 2 is 1.74 bits per heavy atom. The molecule has 35 heavy (non-hydrogen) atoms. The number of benzene rings is 3. The van der Waals surface area contributed by atoms with E-state index in [-0.39, 0.29) is 17.1 Å². The largest absolute Gasteiger partial charge is 0.480 e. The quantitative estimate of drug-likeness (QED) is 0.396. The first-order chi connectivity index (χ1) is 16.6. The molecule has 0 saturated heterocycles. The number of carbonyl (C=O) groups is 2. The van der Waals surface area contributed by atoms with Crippen LogP contribution in [-0.4, -0.2) is 31.9 Å². The van der Waals surface area contributed by atoms with E-state index < -0.39 is 44.7 Å². The summed E-state index contributed by atoms with van der Waals surface area (Å²) < 4.78 is 53.5. The summed E-state index contributed by atoms with van der Waals surface area (Å²) in [4.78, 5) is 24.1. The van der Waals surface area contributed by atoms with Crippen LogP contribution in [0.15, 0.2) is 75.4 Å². The summed E-state index contributed by atoms with van der Waals surface area (Å²) in [6.45, 7) is -0.220. The van der Waals surface area contributed by atoms with E-state index in [9.17, 15) is 26.8 Å². The van der Waals surface area contributed by atoms with E-state index in [1.54, 1.807) is 30.3 Å². The van der Waals surface area contributed by atoms with Gasteiger partial charge in [-0.1, -0.05) is 30.0 Å². The Labute approximate surface area is 203 Å². The standard InChI is InChI=1S/C24H18F2N2O5S2/c25-18-2-1-3-19(26)17(18)13-35(32,33)16-8-9-21-20(11-16)28-24(31)22(34-21)10-14-4-6-15(7-5-14)27-12-23(29)30/h1-11,27H,12-13H2,(H,28,31)(H,29,30)/b22-10-. The molecule has 4 rings (SSSR count). The average molecular weight is 517 g/mol. The summed E-state index contributed by atoms with van der Waals surface area (Å²) in [5.74, 6) is -4.18. The van der Waals surface area contributed by atoms with E-state index in [2.05, 4.69) is 10.6 Å². The highest BCUT2D eigenvalue weighted by Crippen LogP contribution is 2.40. The number of sulfone groups is 1. The molecule has 0 atom stereocenters. The molecule has 0 aliphatic carbocycles. The number of nitrogens with one attached hydrogen (secondary N) is 2. The van der Waals surface area contributed by atoms with Crippen LogP contribution in [0, 0.1) is 11.6 Å². The van der Waals surface area contributed by atoms with Gasteiger partial charge >= 0.3 is 5.97 Å². The van der Waals surface area contributed by atoms with Crippen LogP contribution in [0.25, 0.3) is 6.08 Å². The minimum Gasteiger partial charge on any atom is -0.480 e. The highest BCUT2D eigenvalue weighted by atomic mass is 32.2. The Hall–Kier alpha value is -3.70. The number of fused-ring (bicyclic) bond motifs is 1. The second-order valence-corrected chi connectivity index (χ2v) is 10.6. The van der Waals surface area contributed by atoms with Crippen molar-refractivity contribution in [3.8, 4) is 0 Å². The smallest absolute Gasteiger partial charge is 0.322 e. The topological polar surface area (TPSA) is 113 Å². The maximum Gasteiger partial charge on any atom is 0.322 e. The van der Waals surface area contributed by atoms with Gasteiger partial charge in [0.1, 0.15) is 18.2 Å². The van der Waals surface area contributed by atoms with Gasteiger partial charge in [0, 0.05) is 16.1 Å². The van der Waals surface area contributed by atoms with Crippen molar-refractivity contribution in [2.24, 2.45) is 0 Å². The first-order valence-electron chi connectivity index (χ1n) is 10.2. The molecule has 0 fully saturated rings. The van der Waals surface area contributed by atoms with Gasteiger partial charge in [-0.25, -0.2) is 17.2 Å². The number of hydrogen-bond acceptors (Lipinski definition) is 6. The van der Waals surface area contributed by atoms with Crippen LogP contribution >= 0.6 is 11.8 Å². The Balaban J connectivity index is 1.53. The van der Waals surface area contributed by atoms with Gasteiger partial charge in [0.2, 0.25) is 0 Å². The van der Waals surface area contributed by atoms with Crippen LogP contribution in [0.1, 0.15) is 11.1 Å². The number of carboxylic acid groups (broad SMARTS) is 1. The van der Waals surface area contributed by atoms with Crippen molar-refractivity contribution in [2.75, 3.05) is 17.2 Å². The van der Waals surface area contributed by atoms with Crippen molar-refractivity contribution in [1.29, 1.82) is 0 Å². The van der Waals surface area contributed by atoms with E-state index in [4.69, 9.17) is 5.11 Å². The molecule has 1 amide bonds. The number of aliphatic carboxylic acids is 1. The first-order valence-corrected chi connectivity index (χ1v) is 12.7. The van der Waals surface area contributed by atoms with Crippen molar-refractivity contribution in [2.45, 2.75) is 15.5 Å². The molecule has 1 aliphatic heterocycles. The van der Waals surface area contributed by atoms with E-state index >= 15 is 0 Å². The second-order valence-electron chi connectivity index (χ2n) is 7.55. The van der Waals surface area contributed by atoms with Crippen molar-refractivity contribution in [3.63, 3.8) is 0 Å². The molecule has 0 saturated carbocycles. The zero-order chi connectivity index (χ0) is 25.2. The first kappa shape index (κ1) is 24.4. The number of anilines is 2. The lowest BCUT2D eigenvalue weighted by atomic mass is 10.2. The van der Waals surface area contributed by atoms with Gasteiger partial charge in [-0.3, -0.25) is 9.59 Å². The van der Waals surface area contributed by atoms with Crippen LogP contribution in [-0.2, 0) is 25.2 Å². The molecule has 1 aliphatic rings. The number of thioether (sulfide) groups is 1. The lowest BCUT2D eigenvalue weighted by Crippen LogP contribution is -2.18. The highest BCUT2D eigenvalue weighted by molar-refractivity contribution is 8.04. The maximum absolute atomic E-state index is 13.9. The van der Waals surface area contributed by atoms with Gasteiger partial charge in [-0.05, 0) is 54.1 Å². The van der Waals surface area contributed by atoms with Crippen LogP contribution < -0.4 is 10.6 Å². The number of halogens is 2. The number of rotatable bonds is 7. The molecular weight excluding hydrogens is 498 g/mol. The monoisotopic (exact) mass is 516 g/mol. The number of hydrogen-bond donors (Lipinski definition) is 3. The lowest BCUT2D eigenvalue weighted by molar-refractivity contribution is -0.135. The predicted octanol–water partition coefficient (Wildman–Crippen LogP) is 4.52.